The van der Waals surface area contributed by atoms with E-state index in [1.807, 2.05) is 30.3 Å². The van der Waals surface area contributed by atoms with Crippen molar-refractivity contribution in [2.24, 2.45) is 0 Å². The highest BCUT2D eigenvalue weighted by Gasteiger charge is 2.16. The highest BCUT2D eigenvalue weighted by atomic mass is 35.5. The van der Waals surface area contributed by atoms with E-state index in [2.05, 4.69) is 10.0 Å². The monoisotopic (exact) mass is 486 g/mol. The van der Waals surface area contributed by atoms with Gasteiger partial charge in [0.15, 0.2) is 5.78 Å². The number of ketones is 1. The number of methoxy groups -OCH3 is 1. The van der Waals surface area contributed by atoms with Gasteiger partial charge in [0, 0.05) is 30.1 Å². The molecule has 3 aromatic carbocycles. The van der Waals surface area contributed by atoms with Gasteiger partial charge in [0.2, 0.25) is 15.9 Å². The van der Waals surface area contributed by atoms with E-state index in [-0.39, 0.29) is 36.0 Å². The summed E-state index contributed by atoms with van der Waals surface area (Å²) in [5.41, 5.74) is 1.58. The highest BCUT2D eigenvalue weighted by Crippen LogP contribution is 2.24. The molecule has 0 aliphatic rings. The lowest BCUT2D eigenvalue weighted by Gasteiger charge is -2.10. The second-order valence-electron chi connectivity index (χ2n) is 7.15. The number of hydrogen-bond donors (Lipinski definition) is 2. The molecule has 0 radical (unpaired) electrons. The van der Waals surface area contributed by atoms with Crippen molar-refractivity contribution in [3.05, 3.63) is 88.9 Å². The van der Waals surface area contributed by atoms with Crippen LogP contribution in [0.5, 0.6) is 5.75 Å². The van der Waals surface area contributed by atoms with Crippen LogP contribution in [0.15, 0.2) is 77.7 Å². The van der Waals surface area contributed by atoms with E-state index in [0.717, 1.165) is 5.56 Å². The summed E-state index contributed by atoms with van der Waals surface area (Å²) < 4.78 is 32.7. The number of ether oxygens (including phenoxy) is 1. The van der Waals surface area contributed by atoms with Crippen LogP contribution >= 0.6 is 11.6 Å². The molecule has 3 rings (SSSR count). The summed E-state index contributed by atoms with van der Waals surface area (Å²) in [6.07, 6.45) is -0.0778. The van der Waals surface area contributed by atoms with Gasteiger partial charge in [0.05, 0.1) is 17.6 Å². The molecule has 0 fully saturated rings. The third-order valence-electron chi connectivity index (χ3n) is 4.80. The molecule has 9 heteroatoms. The summed E-state index contributed by atoms with van der Waals surface area (Å²) in [7, 11) is -2.24. The van der Waals surface area contributed by atoms with Crippen LogP contribution in [-0.2, 0) is 21.4 Å². The van der Waals surface area contributed by atoms with Gasteiger partial charge in [-0.3, -0.25) is 9.59 Å². The second-order valence-corrected chi connectivity index (χ2v) is 9.35. The Morgan fingerprint density at radius 1 is 0.939 bits per heavy atom. The first kappa shape index (κ1) is 24.4. The van der Waals surface area contributed by atoms with E-state index >= 15 is 0 Å². The SMILES string of the molecule is COc1ccc(Cl)cc1C(=O)CCC(=O)Nc1ccc(S(=O)(=O)NCc2ccccc2)cc1. The average Bonchev–Trinajstić information content (AvgIpc) is 2.82. The number of sulfonamides is 1. The van der Waals surface area contributed by atoms with Gasteiger partial charge in [-0.15, -0.1) is 0 Å². The number of carbonyl (C=O) groups excluding carboxylic acids is 2. The largest absolute Gasteiger partial charge is 0.496 e. The summed E-state index contributed by atoms with van der Waals surface area (Å²) in [6.45, 7) is 0.174. The Morgan fingerprint density at radius 3 is 2.30 bits per heavy atom. The van der Waals surface area contributed by atoms with Crippen molar-refractivity contribution < 1.29 is 22.7 Å². The number of halogens is 1. The predicted octanol–water partition coefficient (Wildman–Crippen LogP) is 4.43. The lowest BCUT2D eigenvalue weighted by Crippen LogP contribution is -2.23. The Morgan fingerprint density at radius 2 is 1.64 bits per heavy atom. The number of benzene rings is 3. The quantitative estimate of drug-likeness (QED) is 0.413. The number of nitrogens with one attached hydrogen (secondary N) is 2. The van der Waals surface area contributed by atoms with E-state index in [1.54, 1.807) is 12.1 Å². The minimum absolute atomic E-state index is 0.0294. The number of carbonyl (C=O) groups is 2. The maximum absolute atomic E-state index is 12.5. The van der Waals surface area contributed by atoms with Crippen LogP contribution in [0.3, 0.4) is 0 Å². The van der Waals surface area contributed by atoms with Crippen molar-refractivity contribution in [2.75, 3.05) is 12.4 Å². The molecule has 0 heterocycles. The molecule has 0 unspecified atom stereocenters. The van der Waals surface area contributed by atoms with Gasteiger partial charge in [-0.1, -0.05) is 41.9 Å². The maximum Gasteiger partial charge on any atom is 0.240 e. The molecular weight excluding hydrogens is 464 g/mol. The van der Waals surface area contributed by atoms with Gasteiger partial charge >= 0.3 is 0 Å². The van der Waals surface area contributed by atoms with Crippen molar-refractivity contribution in [1.29, 1.82) is 0 Å². The molecule has 33 heavy (non-hydrogen) atoms. The molecule has 0 atom stereocenters. The number of amides is 1. The minimum Gasteiger partial charge on any atom is -0.496 e. The molecule has 0 aromatic heterocycles. The highest BCUT2D eigenvalue weighted by molar-refractivity contribution is 7.89. The van der Waals surface area contributed by atoms with Crippen LogP contribution in [0, 0.1) is 0 Å². The van der Waals surface area contributed by atoms with Gasteiger partial charge in [-0.25, -0.2) is 13.1 Å². The van der Waals surface area contributed by atoms with Gasteiger partial charge in [-0.05, 0) is 48.0 Å². The molecule has 0 aliphatic carbocycles. The summed E-state index contributed by atoms with van der Waals surface area (Å²) in [5.74, 6) is -0.250. The summed E-state index contributed by atoms with van der Waals surface area (Å²) in [6, 6.07) is 19.7. The van der Waals surface area contributed by atoms with Crippen molar-refractivity contribution in [3.8, 4) is 5.75 Å². The average molecular weight is 487 g/mol. The fourth-order valence-corrected chi connectivity index (χ4v) is 4.25. The van der Waals surface area contributed by atoms with E-state index in [0.29, 0.717) is 22.0 Å². The maximum atomic E-state index is 12.5. The standard InChI is InChI=1S/C24H23ClN2O5S/c1-32-23-13-7-18(25)15-21(23)22(28)12-14-24(29)27-19-8-10-20(11-9-19)33(30,31)26-16-17-5-3-2-4-6-17/h2-11,13,15,26H,12,14,16H2,1H3,(H,27,29). The first-order chi connectivity index (χ1) is 15.8. The fourth-order valence-electron chi connectivity index (χ4n) is 3.06. The summed E-state index contributed by atoms with van der Waals surface area (Å²) >= 11 is 5.95. The van der Waals surface area contributed by atoms with Crippen LogP contribution in [0.1, 0.15) is 28.8 Å². The molecule has 0 saturated heterocycles. The second kappa shape index (κ2) is 11.1. The van der Waals surface area contributed by atoms with Gasteiger partial charge in [0.25, 0.3) is 0 Å². The van der Waals surface area contributed by atoms with Crippen molar-refractivity contribution in [1.82, 2.24) is 4.72 Å². The molecule has 1 amide bonds. The smallest absolute Gasteiger partial charge is 0.240 e. The Kier molecular flexibility index (Phi) is 8.21. The number of rotatable bonds is 10. The molecule has 0 spiro atoms. The first-order valence-electron chi connectivity index (χ1n) is 10.1. The van der Waals surface area contributed by atoms with Crippen molar-refractivity contribution in [3.63, 3.8) is 0 Å². The third kappa shape index (κ3) is 6.89. The zero-order valence-corrected chi connectivity index (χ0v) is 19.4. The van der Waals surface area contributed by atoms with Crippen LogP contribution in [-0.4, -0.2) is 27.2 Å². The zero-order valence-electron chi connectivity index (χ0n) is 17.9. The van der Waals surface area contributed by atoms with E-state index in [4.69, 9.17) is 16.3 Å². The number of Topliss-reactive ketones (excluding diaryl/α,β-unsaturated/α-hetero) is 1. The molecule has 172 valence electrons. The molecule has 0 saturated carbocycles. The van der Waals surface area contributed by atoms with Gasteiger partial charge < -0.3 is 10.1 Å². The van der Waals surface area contributed by atoms with Crippen LogP contribution < -0.4 is 14.8 Å². The molecule has 0 aliphatic heterocycles. The molecule has 2 N–H and O–H groups in total. The van der Waals surface area contributed by atoms with Crippen molar-refractivity contribution >= 4 is 39.0 Å². The lowest BCUT2D eigenvalue weighted by atomic mass is 10.1. The Bertz CT molecular complexity index is 1230. The predicted molar refractivity (Wildman–Crippen MR) is 127 cm³/mol. The Balaban J connectivity index is 1.54. The lowest BCUT2D eigenvalue weighted by molar-refractivity contribution is -0.116. The van der Waals surface area contributed by atoms with Crippen LogP contribution in [0.4, 0.5) is 5.69 Å². The molecular formula is C24H23ClN2O5S. The van der Waals surface area contributed by atoms with Gasteiger partial charge in [0.1, 0.15) is 5.75 Å². The molecule has 3 aromatic rings. The van der Waals surface area contributed by atoms with E-state index in [9.17, 15) is 18.0 Å². The van der Waals surface area contributed by atoms with Crippen LogP contribution in [0.2, 0.25) is 5.02 Å². The first-order valence-corrected chi connectivity index (χ1v) is 11.9. The fraction of sp³-hybridized carbons (Fsp3) is 0.167. The van der Waals surface area contributed by atoms with Gasteiger partial charge in [-0.2, -0.15) is 0 Å². The number of hydrogen-bond acceptors (Lipinski definition) is 5. The van der Waals surface area contributed by atoms with E-state index in [1.165, 1.54) is 37.4 Å². The number of anilines is 1. The van der Waals surface area contributed by atoms with E-state index < -0.39 is 10.0 Å². The molecule has 7 nitrogen and oxygen atoms in total. The Hall–Kier alpha value is -3.20. The normalized spacial score (nSPS) is 11.1. The summed E-state index contributed by atoms with van der Waals surface area (Å²) in [5, 5.41) is 3.06. The molecule has 0 bridgehead atoms. The van der Waals surface area contributed by atoms with Crippen molar-refractivity contribution in [2.45, 2.75) is 24.3 Å². The third-order valence-corrected chi connectivity index (χ3v) is 6.45. The zero-order chi connectivity index (χ0) is 23.8. The summed E-state index contributed by atoms with van der Waals surface area (Å²) in [4.78, 5) is 24.8. The topological polar surface area (TPSA) is 102 Å². The Labute approximate surface area is 197 Å². The minimum atomic E-state index is -3.70. The van der Waals surface area contributed by atoms with Crippen LogP contribution in [0.25, 0.3) is 0 Å².